The number of rotatable bonds is 7. The number of H-pyrrole nitrogens is 1. The van der Waals surface area contributed by atoms with Crippen LogP contribution in [-0.2, 0) is 20.7 Å². The molecular weight excluding hydrogens is 370 g/mol. The van der Waals surface area contributed by atoms with Gasteiger partial charge in [0.15, 0.2) is 6.29 Å². The lowest BCUT2D eigenvalue weighted by Gasteiger charge is -2.14. The number of hydrogen-bond acceptors (Lipinski definition) is 6. The van der Waals surface area contributed by atoms with Crippen molar-refractivity contribution in [3.8, 4) is 5.69 Å². The van der Waals surface area contributed by atoms with Crippen LogP contribution in [0.2, 0.25) is 0 Å². The van der Waals surface area contributed by atoms with E-state index in [0.29, 0.717) is 15.9 Å². The van der Waals surface area contributed by atoms with Crippen molar-refractivity contribution < 1.29 is 14.3 Å². The number of aromatic nitrogens is 2. The van der Waals surface area contributed by atoms with E-state index in [4.69, 9.17) is 9.47 Å². The number of carbonyl (C=O) groups excluding carboxylic acids is 1. The summed E-state index contributed by atoms with van der Waals surface area (Å²) in [6.45, 7) is 0.246. The number of aromatic amines is 1. The van der Waals surface area contributed by atoms with Gasteiger partial charge in [0, 0.05) is 14.2 Å². The molecule has 3 aromatic rings. The Kier molecular flexibility index (Phi) is 5.84. The minimum atomic E-state index is -0.499. The van der Waals surface area contributed by atoms with Gasteiger partial charge in [-0.2, -0.15) is 0 Å². The predicted molar refractivity (Wildman–Crippen MR) is 103 cm³/mol. The Morgan fingerprint density at radius 1 is 1.19 bits per heavy atom. The van der Waals surface area contributed by atoms with Gasteiger partial charge in [-0.1, -0.05) is 12.1 Å². The van der Waals surface area contributed by atoms with Gasteiger partial charge >= 0.3 is 5.69 Å². The lowest BCUT2D eigenvalue weighted by atomic mass is 10.1. The summed E-state index contributed by atoms with van der Waals surface area (Å²) in [4.78, 5) is 39.5. The van der Waals surface area contributed by atoms with Gasteiger partial charge in [0.05, 0.1) is 24.2 Å². The van der Waals surface area contributed by atoms with Crippen LogP contribution in [0.15, 0.2) is 45.3 Å². The SMILES string of the molecule is COC(CNC(=O)Cc1ccc(-n2c(=O)[nH]c3ccsc3c2=O)cc1)OC. The third-order valence-electron chi connectivity index (χ3n) is 4.06. The van der Waals surface area contributed by atoms with Crippen molar-refractivity contribution in [3.05, 3.63) is 62.1 Å². The normalized spacial score (nSPS) is 11.2. The average molecular weight is 389 g/mol. The van der Waals surface area contributed by atoms with Gasteiger partial charge in [0.25, 0.3) is 5.56 Å². The van der Waals surface area contributed by atoms with Gasteiger partial charge in [0.2, 0.25) is 5.91 Å². The minimum Gasteiger partial charge on any atom is -0.354 e. The summed E-state index contributed by atoms with van der Waals surface area (Å²) in [5, 5.41) is 4.47. The molecule has 3 rings (SSSR count). The zero-order chi connectivity index (χ0) is 19.4. The van der Waals surface area contributed by atoms with E-state index >= 15 is 0 Å². The van der Waals surface area contributed by atoms with Gasteiger partial charge in [-0.15, -0.1) is 11.3 Å². The number of carbonyl (C=O) groups is 1. The summed E-state index contributed by atoms with van der Waals surface area (Å²) in [5.74, 6) is -0.183. The fourth-order valence-electron chi connectivity index (χ4n) is 2.64. The maximum Gasteiger partial charge on any atom is 0.333 e. The molecule has 0 aliphatic rings. The summed E-state index contributed by atoms with van der Waals surface area (Å²) in [5.41, 5.74) is 0.870. The summed E-state index contributed by atoms with van der Waals surface area (Å²) in [6.07, 6.45) is -0.336. The molecule has 8 nitrogen and oxygen atoms in total. The number of ether oxygens (including phenoxy) is 2. The first kappa shape index (κ1) is 19.0. The second-order valence-corrected chi connectivity index (χ2v) is 6.70. The van der Waals surface area contributed by atoms with E-state index in [1.54, 1.807) is 35.7 Å². The Labute approximate surface area is 158 Å². The molecule has 1 aromatic carbocycles. The molecule has 0 bridgehead atoms. The summed E-state index contributed by atoms with van der Waals surface area (Å²) in [6, 6.07) is 8.41. The maximum absolute atomic E-state index is 12.5. The first-order valence-electron chi connectivity index (χ1n) is 8.17. The van der Waals surface area contributed by atoms with E-state index in [9.17, 15) is 14.4 Å². The summed E-state index contributed by atoms with van der Waals surface area (Å²) in [7, 11) is 2.99. The molecule has 2 aromatic heterocycles. The number of amides is 1. The highest BCUT2D eigenvalue weighted by Crippen LogP contribution is 2.14. The highest BCUT2D eigenvalue weighted by molar-refractivity contribution is 7.17. The maximum atomic E-state index is 12.5. The molecule has 27 heavy (non-hydrogen) atoms. The Morgan fingerprint density at radius 3 is 2.56 bits per heavy atom. The van der Waals surface area contributed by atoms with Crippen molar-refractivity contribution in [3.63, 3.8) is 0 Å². The van der Waals surface area contributed by atoms with Crippen molar-refractivity contribution in [2.75, 3.05) is 20.8 Å². The van der Waals surface area contributed by atoms with E-state index in [2.05, 4.69) is 10.3 Å². The number of thiophene rings is 1. The average Bonchev–Trinajstić information content (AvgIpc) is 3.12. The monoisotopic (exact) mass is 389 g/mol. The van der Waals surface area contributed by atoms with Crippen molar-refractivity contribution in [1.29, 1.82) is 0 Å². The number of nitrogens with one attached hydrogen (secondary N) is 2. The molecule has 0 radical (unpaired) electrons. The molecule has 0 saturated heterocycles. The lowest BCUT2D eigenvalue weighted by Crippen LogP contribution is -2.35. The summed E-state index contributed by atoms with van der Waals surface area (Å²) >= 11 is 1.28. The van der Waals surface area contributed by atoms with Gasteiger partial charge in [-0.25, -0.2) is 9.36 Å². The van der Waals surface area contributed by atoms with Crippen LogP contribution in [0.25, 0.3) is 15.9 Å². The molecule has 0 aliphatic heterocycles. The quantitative estimate of drug-likeness (QED) is 0.588. The number of methoxy groups -OCH3 is 2. The topological polar surface area (TPSA) is 102 Å². The van der Waals surface area contributed by atoms with Gasteiger partial charge in [-0.3, -0.25) is 9.59 Å². The Balaban J connectivity index is 1.75. The van der Waals surface area contributed by atoms with Crippen LogP contribution in [0.5, 0.6) is 0 Å². The molecular formula is C18H19N3O5S. The Bertz CT molecular complexity index is 1050. The standard InChI is InChI=1S/C18H19N3O5S/c1-25-15(26-2)10-19-14(22)9-11-3-5-12(6-4-11)21-17(23)16-13(7-8-27-16)20-18(21)24/h3-8,15H,9-10H2,1-2H3,(H,19,22)(H,20,24). The Hall–Kier alpha value is -2.75. The van der Waals surface area contributed by atoms with Gasteiger partial charge in [0.1, 0.15) is 4.70 Å². The molecule has 0 fully saturated rings. The van der Waals surface area contributed by atoms with Crippen LogP contribution in [0.4, 0.5) is 0 Å². The number of nitrogens with zero attached hydrogens (tertiary/aromatic N) is 1. The first-order valence-corrected chi connectivity index (χ1v) is 9.05. The third kappa shape index (κ3) is 4.16. The van der Waals surface area contributed by atoms with E-state index in [-0.39, 0.29) is 24.4 Å². The largest absolute Gasteiger partial charge is 0.354 e. The van der Waals surface area contributed by atoms with E-state index in [0.717, 1.165) is 10.1 Å². The fourth-order valence-corrected chi connectivity index (χ4v) is 3.42. The highest BCUT2D eigenvalue weighted by Gasteiger charge is 2.12. The van der Waals surface area contributed by atoms with Crippen molar-refractivity contribution in [2.24, 2.45) is 0 Å². The summed E-state index contributed by atoms with van der Waals surface area (Å²) < 4.78 is 11.6. The number of benzene rings is 1. The molecule has 0 atom stereocenters. The molecule has 0 aliphatic carbocycles. The predicted octanol–water partition coefficient (Wildman–Crippen LogP) is 1.02. The first-order chi connectivity index (χ1) is 13.0. The van der Waals surface area contributed by atoms with Crippen LogP contribution in [-0.4, -0.2) is 42.5 Å². The molecule has 1 amide bonds. The number of hydrogen-bond donors (Lipinski definition) is 2. The minimum absolute atomic E-state index is 0.162. The van der Waals surface area contributed by atoms with Crippen molar-refractivity contribution in [1.82, 2.24) is 14.9 Å². The molecule has 142 valence electrons. The second-order valence-electron chi connectivity index (χ2n) is 5.78. The Morgan fingerprint density at radius 2 is 1.89 bits per heavy atom. The smallest absolute Gasteiger partial charge is 0.333 e. The van der Waals surface area contributed by atoms with Crippen LogP contribution >= 0.6 is 11.3 Å². The van der Waals surface area contributed by atoms with Crippen LogP contribution in [0, 0.1) is 0 Å². The zero-order valence-electron chi connectivity index (χ0n) is 14.9. The van der Waals surface area contributed by atoms with E-state index in [1.165, 1.54) is 25.6 Å². The van der Waals surface area contributed by atoms with Crippen LogP contribution in [0.1, 0.15) is 5.56 Å². The van der Waals surface area contributed by atoms with Crippen molar-refractivity contribution in [2.45, 2.75) is 12.7 Å². The number of fused-ring (bicyclic) bond motifs is 1. The van der Waals surface area contributed by atoms with E-state index < -0.39 is 12.0 Å². The fraction of sp³-hybridized carbons (Fsp3) is 0.278. The molecule has 0 saturated carbocycles. The highest BCUT2D eigenvalue weighted by atomic mass is 32.1. The second kappa shape index (κ2) is 8.30. The lowest BCUT2D eigenvalue weighted by molar-refractivity contribution is -0.126. The molecule has 2 N–H and O–H groups in total. The van der Waals surface area contributed by atoms with Crippen molar-refractivity contribution >= 4 is 27.5 Å². The molecule has 9 heteroatoms. The van der Waals surface area contributed by atoms with Gasteiger partial charge in [-0.05, 0) is 29.1 Å². The van der Waals surface area contributed by atoms with Crippen LogP contribution in [0.3, 0.4) is 0 Å². The van der Waals surface area contributed by atoms with Crippen LogP contribution < -0.4 is 16.6 Å². The molecule has 2 heterocycles. The third-order valence-corrected chi connectivity index (χ3v) is 4.96. The van der Waals surface area contributed by atoms with Gasteiger partial charge < -0.3 is 19.8 Å². The zero-order valence-corrected chi connectivity index (χ0v) is 15.7. The van der Waals surface area contributed by atoms with E-state index in [1.807, 2.05) is 0 Å². The molecule has 0 unspecified atom stereocenters. The molecule has 0 spiro atoms.